The van der Waals surface area contributed by atoms with Crippen molar-refractivity contribution in [3.8, 4) is 0 Å². The van der Waals surface area contributed by atoms with Crippen LogP contribution in [-0.2, 0) is 0 Å². The van der Waals surface area contributed by atoms with Crippen molar-refractivity contribution in [3.63, 3.8) is 0 Å². The molecule has 0 unspecified atom stereocenters. The van der Waals surface area contributed by atoms with Gasteiger partial charge in [-0.15, -0.1) is 0 Å². The molecule has 0 bridgehead atoms. The number of rotatable bonds is 6. The maximum atomic E-state index is 4.17. The topological polar surface area (TPSA) is 0 Å². The predicted molar refractivity (Wildman–Crippen MR) is 85.6 cm³/mol. The van der Waals surface area contributed by atoms with Crippen molar-refractivity contribution < 1.29 is 0 Å². The van der Waals surface area contributed by atoms with E-state index >= 15 is 0 Å². The third-order valence-electron chi connectivity index (χ3n) is 2.68. The van der Waals surface area contributed by atoms with Gasteiger partial charge in [-0.25, -0.2) is 0 Å². The molecular formula is C14H21ISn. The quantitative estimate of drug-likeness (QED) is 0.314. The molecule has 0 spiro atoms. The monoisotopic (exact) mass is 436 g/mol. The van der Waals surface area contributed by atoms with Gasteiger partial charge in [0.05, 0.1) is 0 Å². The zero-order chi connectivity index (χ0) is 12.0. The van der Waals surface area contributed by atoms with E-state index in [2.05, 4.69) is 65.4 Å². The van der Waals surface area contributed by atoms with Crippen molar-refractivity contribution in [2.75, 3.05) is 0 Å². The number of benzene rings is 1. The first-order valence-electron chi connectivity index (χ1n) is 5.91. The van der Waals surface area contributed by atoms with Gasteiger partial charge in [-0.2, -0.15) is 0 Å². The normalized spacial score (nSPS) is 11.4. The summed E-state index contributed by atoms with van der Waals surface area (Å²) in [6.07, 6.45) is 3.84. The van der Waals surface area contributed by atoms with Gasteiger partial charge in [-0.05, 0) is 0 Å². The molecule has 0 saturated heterocycles. The summed E-state index contributed by atoms with van der Waals surface area (Å²) in [5, 5.41) is 0. The fraction of sp³-hybridized carbons (Fsp3) is 0.429. The Balaban J connectivity index is 2.27. The molecule has 0 N–H and O–H groups in total. The van der Waals surface area contributed by atoms with Crippen LogP contribution in [0.4, 0.5) is 0 Å². The Bertz CT molecular complexity index is 324. The molecule has 0 aromatic heterocycles. The van der Waals surface area contributed by atoms with E-state index in [9.17, 15) is 0 Å². The molecule has 0 radical (unpaired) electrons. The Morgan fingerprint density at radius 2 is 1.81 bits per heavy atom. The van der Waals surface area contributed by atoms with Gasteiger partial charge in [-0.1, -0.05) is 0 Å². The minimum absolute atomic E-state index is 1.16. The van der Waals surface area contributed by atoms with Crippen LogP contribution >= 0.6 is 18.6 Å². The molecule has 0 saturated carbocycles. The molecule has 0 amide bonds. The molecule has 1 aromatic rings. The van der Waals surface area contributed by atoms with E-state index in [1.165, 1.54) is 28.4 Å². The van der Waals surface area contributed by atoms with Crippen molar-refractivity contribution in [2.24, 2.45) is 0 Å². The van der Waals surface area contributed by atoms with E-state index in [0.717, 1.165) is 6.42 Å². The van der Waals surface area contributed by atoms with Crippen molar-refractivity contribution in [1.82, 2.24) is 0 Å². The summed E-state index contributed by atoms with van der Waals surface area (Å²) >= 11 is 1.20. The van der Waals surface area contributed by atoms with Gasteiger partial charge < -0.3 is 0 Å². The fourth-order valence-corrected chi connectivity index (χ4v) is 7.37. The SMILES string of the molecule is C=C(CCC[CH2][Sn]([CH3])([CH3])[I])c1ccccc1. The van der Waals surface area contributed by atoms with Crippen LogP contribution in [0.1, 0.15) is 24.8 Å². The second kappa shape index (κ2) is 7.04. The van der Waals surface area contributed by atoms with E-state index in [0.29, 0.717) is 0 Å². The molecular weight excluding hydrogens is 414 g/mol. The number of hydrogen-bond acceptors (Lipinski definition) is 0. The first kappa shape index (κ1) is 14.5. The first-order valence-corrected chi connectivity index (χ1v) is 22.0. The number of halogens is 1. The Morgan fingerprint density at radius 3 is 2.38 bits per heavy atom. The first-order chi connectivity index (χ1) is 7.49. The molecule has 0 aliphatic rings. The zero-order valence-electron chi connectivity index (χ0n) is 10.3. The molecule has 0 aliphatic carbocycles. The molecule has 1 rings (SSSR count). The average molecular weight is 435 g/mol. The van der Waals surface area contributed by atoms with E-state index < -0.39 is 14.4 Å². The second-order valence-corrected chi connectivity index (χ2v) is 35.7. The summed E-state index contributed by atoms with van der Waals surface area (Å²) in [7, 11) is 0. The standard InChI is InChI=1S/C12H15.2CH3.HI.Sn/c1-3-4-8-11(2)12-9-6-5-7-10-12;;;;/h5-7,9-10H,1-4,8H2;2*1H3;1H;/q;;;;+1/p-1. The van der Waals surface area contributed by atoms with Gasteiger partial charge in [0.15, 0.2) is 0 Å². The molecule has 16 heavy (non-hydrogen) atoms. The molecule has 0 heterocycles. The van der Waals surface area contributed by atoms with Crippen LogP contribution in [0.3, 0.4) is 0 Å². The Morgan fingerprint density at radius 1 is 1.19 bits per heavy atom. The summed E-state index contributed by atoms with van der Waals surface area (Å²) in [4.78, 5) is 5.00. The van der Waals surface area contributed by atoms with Crippen molar-refractivity contribution in [1.29, 1.82) is 0 Å². The van der Waals surface area contributed by atoms with Crippen LogP contribution in [0.2, 0.25) is 14.3 Å². The average Bonchev–Trinajstić information content (AvgIpc) is 2.24. The summed E-state index contributed by atoms with van der Waals surface area (Å²) in [5.41, 5.74) is 2.60. The van der Waals surface area contributed by atoms with Gasteiger partial charge in [-0.3, -0.25) is 0 Å². The fourth-order valence-electron chi connectivity index (χ4n) is 1.70. The third kappa shape index (κ3) is 6.28. The van der Waals surface area contributed by atoms with Gasteiger partial charge in [0.25, 0.3) is 0 Å². The van der Waals surface area contributed by atoms with Gasteiger partial charge in [0, 0.05) is 0 Å². The Hall–Kier alpha value is 0.489. The van der Waals surface area contributed by atoms with Gasteiger partial charge in [0.1, 0.15) is 0 Å². The summed E-state index contributed by atoms with van der Waals surface area (Å²) in [6.45, 7) is 4.17. The van der Waals surface area contributed by atoms with E-state index in [-0.39, 0.29) is 0 Å². The van der Waals surface area contributed by atoms with Gasteiger partial charge >= 0.3 is 115 Å². The Kier molecular flexibility index (Phi) is 6.40. The van der Waals surface area contributed by atoms with Crippen LogP contribution < -0.4 is 0 Å². The summed E-state index contributed by atoms with van der Waals surface area (Å²) in [5.74, 6) is 0. The van der Waals surface area contributed by atoms with E-state index in [1.54, 1.807) is 0 Å². The molecule has 2 heteroatoms. The van der Waals surface area contributed by atoms with Crippen molar-refractivity contribution in [2.45, 2.75) is 33.6 Å². The van der Waals surface area contributed by atoms with Crippen LogP contribution in [0.25, 0.3) is 5.57 Å². The van der Waals surface area contributed by atoms with Crippen LogP contribution in [0.5, 0.6) is 0 Å². The predicted octanol–water partition coefficient (Wildman–Crippen LogP) is 5.51. The minimum atomic E-state index is -1.54. The molecule has 0 aliphatic heterocycles. The second-order valence-electron chi connectivity index (χ2n) is 4.90. The zero-order valence-corrected chi connectivity index (χ0v) is 15.3. The summed E-state index contributed by atoms with van der Waals surface area (Å²) < 4.78 is 1.50. The molecule has 0 atom stereocenters. The van der Waals surface area contributed by atoms with Crippen molar-refractivity contribution in [3.05, 3.63) is 42.5 Å². The number of hydrogen-bond donors (Lipinski definition) is 0. The van der Waals surface area contributed by atoms with Crippen LogP contribution in [0.15, 0.2) is 36.9 Å². The third-order valence-corrected chi connectivity index (χ3v) is 10.7. The van der Waals surface area contributed by atoms with Crippen LogP contribution in [0, 0.1) is 0 Å². The maximum absolute atomic E-state index is 4.17. The summed E-state index contributed by atoms with van der Waals surface area (Å²) in [6, 6.07) is 10.5. The molecule has 1 aromatic carbocycles. The van der Waals surface area contributed by atoms with Crippen molar-refractivity contribution >= 4 is 38.6 Å². The van der Waals surface area contributed by atoms with Gasteiger partial charge in [0.2, 0.25) is 0 Å². The van der Waals surface area contributed by atoms with E-state index in [4.69, 9.17) is 0 Å². The number of unbranched alkanes of at least 4 members (excludes halogenated alkanes) is 1. The molecule has 0 nitrogen and oxygen atoms in total. The number of allylic oxidation sites excluding steroid dienone is 1. The van der Waals surface area contributed by atoms with Crippen LogP contribution in [-0.4, -0.2) is 14.4 Å². The van der Waals surface area contributed by atoms with E-state index in [1.807, 2.05) is 0 Å². The molecule has 88 valence electrons. The Labute approximate surface area is 114 Å². The molecule has 0 fully saturated rings.